The molecule has 0 fully saturated rings. The number of halogens is 1. The first-order chi connectivity index (χ1) is 8.93. The topological polar surface area (TPSA) is 55.4 Å². The maximum absolute atomic E-state index is 11.9. The van der Waals surface area contributed by atoms with Crippen molar-refractivity contribution in [3.63, 3.8) is 0 Å². The summed E-state index contributed by atoms with van der Waals surface area (Å²) >= 11 is 3.34. The number of carbonyl (C=O) groups excluding carboxylic acids is 2. The van der Waals surface area contributed by atoms with Gasteiger partial charge in [0.25, 0.3) is 0 Å². The molecule has 1 atom stereocenters. The fraction of sp³-hybridized carbons (Fsp3) is 0.429. The molecule has 0 aliphatic rings. The van der Waals surface area contributed by atoms with Gasteiger partial charge in [-0.2, -0.15) is 0 Å². The molecule has 0 heterocycles. The van der Waals surface area contributed by atoms with Crippen LogP contribution in [0.5, 0.6) is 0 Å². The highest BCUT2D eigenvalue weighted by molar-refractivity contribution is 9.10. The van der Waals surface area contributed by atoms with Crippen molar-refractivity contribution in [2.75, 3.05) is 7.11 Å². The lowest BCUT2D eigenvalue weighted by Gasteiger charge is -2.19. The molecule has 0 spiro atoms. The van der Waals surface area contributed by atoms with Gasteiger partial charge < -0.3 is 10.1 Å². The second-order valence-corrected chi connectivity index (χ2v) is 5.53. The molecule has 1 aromatic rings. The number of ether oxygens (including phenoxy) is 1. The molecule has 0 bridgehead atoms. The quantitative estimate of drug-likeness (QED) is 0.844. The number of amides is 1. The molecule has 19 heavy (non-hydrogen) atoms. The summed E-state index contributed by atoms with van der Waals surface area (Å²) in [7, 11) is 1.32. The van der Waals surface area contributed by atoms with E-state index < -0.39 is 12.0 Å². The largest absolute Gasteiger partial charge is 0.467 e. The molecule has 0 saturated heterocycles. The van der Waals surface area contributed by atoms with E-state index in [1.54, 1.807) is 0 Å². The molecule has 1 unspecified atom stereocenters. The lowest BCUT2D eigenvalue weighted by molar-refractivity contribution is -0.146. The molecule has 1 aromatic carbocycles. The standard InChI is InChI=1S/C14H18BrNO3/c1-9(2)13(14(18)19-3)16-12(17)8-10-4-6-11(15)7-5-10/h4-7,9,13H,8H2,1-3H3,(H,16,17). The van der Waals surface area contributed by atoms with Crippen LogP contribution in [0.15, 0.2) is 28.7 Å². The second-order valence-electron chi connectivity index (χ2n) is 4.62. The van der Waals surface area contributed by atoms with Gasteiger partial charge >= 0.3 is 5.97 Å². The number of hydrogen-bond acceptors (Lipinski definition) is 3. The molecule has 1 rings (SSSR count). The van der Waals surface area contributed by atoms with E-state index in [1.807, 2.05) is 38.1 Å². The molecule has 0 aliphatic heterocycles. The fourth-order valence-electron chi connectivity index (χ4n) is 1.64. The Morgan fingerprint density at radius 3 is 2.32 bits per heavy atom. The number of methoxy groups -OCH3 is 1. The van der Waals surface area contributed by atoms with Crippen molar-refractivity contribution in [1.82, 2.24) is 5.32 Å². The summed E-state index contributed by atoms with van der Waals surface area (Å²) in [4.78, 5) is 23.4. The summed E-state index contributed by atoms with van der Waals surface area (Å²) in [6.45, 7) is 3.73. The number of carbonyl (C=O) groups is 2. The van der Waals surface area contributed by atoms with E-state index in [1.165, 1.54) is 7.11 Å². The molecule has 4 nitrogen and oxygen atoms in total. The maximum atomic E-state index is 11.9. The Morgan fingerprint density at radius 1 is 1.26 bits per heavy atom. The average molecular weight is 328 g/mol. The van der Waals surface area contributed by atoms with Gasteiger partial charge in [-0.15, -0.1) is 0 Å². The smallest absolute Gasteiger partial charge is 0.328 e. The molecule has 0 aliphatic carbocycles. The van der Waals surface area contributed by atoms with Crippen LogP contribution >= 0.6 is 15.9 Å². The van der Waals surface area contributed by atoms with Crippen molar-refractivity contribution in [1.29, 1.82) is 0 Å². The molecule has 5 heteroatoms. The third kappa shape index (κ3) is 5.03. The van der Waals surface area contributed by atoms with Crippen molar-refractivity contribution in [2.45, 2.75) is 26.3 Å². The highest BCUT2D eigenvalue weighted by Crippen LogP contribution is 2.11. The van der Waals surface area contributed by atoms with Gasteiger partial charge in [-0.3, -0.25) is 4.79 Å². The van der Waals surface area contributed by atoms with Crippen LogP contribution in [-0.2, 0) is 20.7 Å². The number of esters is 1. The molecule has 1 amide bonds. The first-order valence-corrected chi connectivity index (χ1v) is 6.85. The molecule has 104 valence electrons. The number of nitrogens with one attached hydrogen (secondary N) is 1. The third-order valence-corrected chi connectivity index (χ3v) is 3.24. The van der Waals surface area contributed by atoms with Crippen LogP contribution in [0.4, 0.5) is 0 Å². The van der Waals surface area contributed by atoms with Gasteiger partial charge in [0.1, 0.15) is 6.04 Å². The lowest BCUT2D eigenvalue weighted by Crippen LogP contribution is -2.45. The van der Waals surface area contributed by atoms with Crippen molar-refractivity contribution < 1.29 is 14.3 Å². The predicted octanol–water partition coefficient (Wildman–Crippen LogP) is 2.31. The molecule has 1 N–H and O–H groups in total. The van der Waals surface area contributed by atoms with Crippen LogP contribution in [0, 0.1) is 5.92 Å². The summed E-state index contributed by atoms with van der Waals surface area (Å²) in [6.07, 6.45) is 0.244. The van der Waals surface area contributed by atoms with E-state index in [4.69, 9.17) is 0 Å². The van der Waals surface area contributed by atoms with Crippen molar-refractivity contribution in [3.05, 3.63) is 34.3 Å². The van der Waals surface area contributed by atoms with Gasteiger partial charge in [0.05, 0.1) is 13.5 Å². The molecular weight excluding hydrogens is 310 g/mol. The minimum Gasteiger partial charge on any atom is -0.467 e. The zero-order valence-electron chi connectivity index (χ0n) is 11.3. The van der Waals surface area contributed by atoms with Crippen LogP contribution < -0.4 is 5.32 Å². The van der Waals surface area contributed by atoms with Crippen molar-refractivity contribution in [3.8, 4) is 0 Å². The minimum atomic E-state index is -0.604. The summed E-state index contributed by atoms with van der Waals surface area (Å²) in [6, 6.07) is 6.89. The molecule has 0 radical (unpaired) electrons. The van der Waals surface area contributed by atoms with Crippen LogP contribution in [0.1, 0.15) is 19.4 Å². The van der Waals surface area contributed by atoms with Crippen LogP contribution in [-0.4, -0.2) is 25.0 Å². The Morgan fingerprint density at radius 2 is 1.84 bits per heavy atom. The van der Waals surface area contributed by atoms with E-state index >= 15 is 0 Å². The Labute approximate surface area is 121 Å². The minimum absolute atomic E-state index is 0.0127. The SMILES string of the molecule is COC(=O)C(NC(=O)Cc1ccc(Br)cc1)C(C)C. The van der Waals surface area contributed by atoms with Crippen molar-refractivity contribution >= 4 is 27.8 Å². The van der Waals surface area contributed by atoms with E-state index in [0.29, 0.717) is 0 Å². The highest BCUT2D eigenvalue weighted by atomic mass is 79.9. The second kappa shape index (κ2) is 7.28. The first kappa shape index (κ1) is 15.7. The Balaban J connectivity index is 2.62. The van der Waals surface area contributed by atoms with Crippen LogP contribution in [0.25, 0.3) is 0 Å². The van der Waals surface area contributed by atoms with E-state index in [9.17, 15) is 9.59 Å². The highest BCUT2D eigenvalue weighted by Gasteiger charge is 2.24. The van der Waals surface area contributed by atoms with Gasteiger partial charge in [-0.25, -0.2) is 4.79 Å². The molecule has 0 aromatic heterocycles. The van der Waals surface area contributed by atoms with Crippen molar-refractivity contribution in [2.24, 2.45) is 5.92 Å². The maximum Gasteiger partial charge on any atom is 0.328 e. The Bertz CT molecular complexity index is 443. The van der Waals surface area contributed by atoms with Gasteiger partial charge in [0, 0.05) is 4.47 Å². The molecule has 0 saturated carbocycles. The van der Waals surface area contributed by atoms with Crippen LogP contribution in [0.2, 0.25) is 0 Å². The predicted molar refractivity (Wildman–Crippen MR) is 76.6 cm³/mol. The monoisotopic (exact) mass is 327 g/mol. The van der Waals surface area contributed by atoms with Gasteiger partial charge in [-0.1, -0.05) is 41.9 Å². The number of hydrogen-bond donors (Lipinski definition) is 1. The first-order valence-electron chi connectivity index (χ1n) is 6.05. The number of rotatable bonds is 5. The third-order valence-electron chi connectivity index (χ3n) is 2.72. The molecular formula is C14H18BrNO3. The number of benzene rings is 1. The fourth-order valence-corrected chi connectivity index (χ4v) is 1.90. The average Bonchev–Trinajstić information content (AvgIpc) is 2.37. The Kier molecular flexibility index (Phi) is 6.02. The normalized spacial score (nSPS) is 12.1. The lowest BCUT2D eigenvalue weighted by atomic mass is 10.0. The van der Waals surface area contributed by atoms with Crippen LogP contribution in [0.3, 0.4) is 0 Å². The van der Waals surface area contributed by atoms with Gasteiger partial charge in [0.15, 0.2) is 0 Å². The van der Waals surface area contributed by atoms with E-state index in [2.05, 4.69) is 26.0 Å². The summed E-state index contributed by atoms with van der Waals surface area (Å²) in [5, 5.41) is 2.71. The summed E-state index contributed by atoms with van der Waals surface area (Å²) in [5.41, 5.74) is 0.896. The zero-order valence-corrected chi connectivity index (χ0v) is 12.9. The van der Waals surface area contributed by atoms with Gasteiger partial charge in [-0.05, 0) is 23.6 Å². The van der Waals surface area contributed by atoms with Gasteiger partial charge in [0.2, 0.25) is 5.91 Å². The summed E-state index contributed by atoms with van der Waals surface area (Å²) < 4.78 is 5.64. The Hall–Kier alpha value is -1.36. The van der Waals surface area contributed by atoms with E-state index in [-0.39, 0.29) is 18.2 Å². The zero-order chi connectivity index (χ0) is 14.4. The summed E-state index contributed by atoms with van der Waals surface area (Å²) in [5.74, 6) is -0.619. The van der Waals surface area contributed by atoms with E-state index in [0.717, 1.165) is 10.0 Å².